The number of aliphatic carboxylic acids is 1. The molecule has 2 fully saturated rings. The van der Waals surface area contributed by atoms with Gasteiger partial charge in [0.05, 0.1) is 17.1 Å². The standard InChI is InChI=1S/C7H6Cl2O3S/c8-7(9)4(10)3-2(6(11)12)1-13-5(3)7/h2-3,5H,1H2,(H,11,12)/t2-,3-,5-/m0/s1. The highest BCUT2D eigenvalue weighted by Crippen LogP contribution is 2.57. The number of Topliss-reactive ketones (excluding diaryl/α,β-unsaturated/α-hetero) is 1. The van der Waals surface area contributed by atoms with Gasteiger partial charge in [-0.05, 0) is 0 Å². The van der Waals surface area contributed by atoms with Crippen LogP contribution in [-0.4, -0.2) is 32.2 Å². The van der Waals surface area contributed by atoms with Crippen molar-refractivity contribution < 1.29 is 14.7 Å². The zero-order chi connectivity index (χ0) is 9.80. The molecule has 0 aromatic carbocycles. The summed E-state index contributed by atoms with van der Waals surface area (Å²) in [6, 6.07) is 0. The Morgan fingerprint density at radius 2 is 2.23 bits per heavy atom. The number of carboxylic acid groups (broad SMARTS) is 1. The van der Waals surface area contributed by atoms with E-state index in [4.69, 9.17) is 28.3 Å². The Bertz CT molecular complexity index is 291. The first-order chi connectivity index (χ1) is 5.96. The van der Waals surface area contributed by atoms with E-state index in [2.05, 4.69) is 0 Å². The minimum Gasteiger partial charge on any atom is -0.481 e. The monoisotopic (exact) mass is 240 g/mol. The predicted molar refractivity (Wildman–Crippen MR) is 50.3 cm³/mol. The second-order valence-corrected chi connectivity index (χ2v) is 5.77. The summed E-state index contributed by atoms with van der Waals surface area (Å²) in [4.78, 5) is 22.0. The number of halogens is 2. The van der Waals surface area contributed by atoms with Gasteiger partial charge in [-0.15, -0.1) is 0 Å². The molecule has 1 heterocycles. The van der Waals surface area contributed by atoms with Crippen molar-refractivity contribution in [3.63, 3.8) is 0 Å². The lowest BCUT2D eigenvalue weighted by Crippen LogP contribution is -2.59. The molecule has 1 saturated heterocycles. The van der Waals surface area contributed by atoms with Crippen molar-refractivity contribution in [2.75, 3.05) is 5.75 Å². The minimum absolute atomic E-state index is 0.232. The maximum absolute atomic E-state index is 11.3. The number of carbonyl (C=O) groups is 2. The van der Waals surface area contributed by atoms with Crippen LogP contribution in [0, 0.1) is 11.8 Å². The number of hydrogen-bond acceptors (Lipinski definition) is 3. The van der Waals surface area contributed by atoms with Crippen molar-refractivity contribution in [1.82, 2.24) is 0 Å². The van der Waals surface area contributed by atoms with Crippen molar-refractivity contribution in [2.45, 2.75) is 9.58 Å². The van der Waals surface area contributed by atoms with Gasteiger partial charge in [0.2, 0.25) is 0 Å². The normalized spacial score (nSPS) is 41.1. The van der Waals surface area contributed by atoms with Crippen molar-refractivity contribution in [1.29, 1.82) is 0 Å². The summed E-state index contributed by atoms with van der Waals surface area (Å²) >= 11 is 12.8. The molecule has 2 rings (SSSR count). The van der Waals surface area contributed by atoms with Gasteiger partial charge in [0.15, 0.2) is 10.1 Å². The molecule has 13 heavy (non-hydrogen) atoms. The molecule has 0 amide bonds. The fraction of sp³-hybridized carbons (Fsp3) is 0.714. The Balaban J connectivity index is 2.22. The van der Waals surface area contributed by atoms with Crippen molar-refractivity contribution >= 4 is 46.7 Å². The molecule has 0 radical (unpaired) electrons. The number of hydrogen-bond donors (Lipinski definition) is 1. The van der Waals surface area contributed by atoms with Gasteiger partial charge in [0, 0.05) is 5.75 Å². The molecular formula is C7H6Cl2O3S. The summed E-state index contributed by atoms with van der Waals surface area (Å²) in [5, 5.41) is 8.54. The number of carbonyl (C=O) groups excluding carboxylic acids is 1. The number of carboxylic acids is 1. The van der Waals surface area contributed by atoms with Crippen molar-refractivity contribution in [3.8, 4) is 0 Å². The largest absolute Gasteiger partial charge is 0.481 e. The van der Waals surface area contributed by atoms with E-state index in [-0.39, 0.29) is 11.0 Å². The Hall–Kier alpha value is 0.0700. The second kappa shape index (κ2) is 2.78. The molecular weight excluding hydrogens is 235 g/mol. The van der Waals surface area contributed by atoms with Crippen LogP contribution < -0.4 is 0 Å². The van der Waals surface area contributed by atoms with E-state index < -0.39 is 22.1 Å². The van der Waals surface area contributed by atoms with Crippen LogP contribution in [0.1, 0.15) is 0 Å². The number of alkyl halides is 2. The first-order valence-corrected chi connectivity index (χ1v) is 5.53. The molecule has 0 unspecified atom stereocenters. The Labute approximate surface area is 88.8 Å². The average Bonchev–Trinajstić information content (AvgIpc) is 2.45. The maximum Gasteiger partial charge on any atom is 0.308 e. The molecule has 72 valence electrons. The summed E-state index contributed by atoms with van der Waals surface area (Å²) in [7, 11) is 0. The molecule has 0 bridgehead atoms. The highest BCUT2D eigenvalue weighted by molar-refractivity contribution is 8.00. The fourth-order valence-corrected chi connectivity index (χ4v) is 4.28. The molecule has 0 aromatic heterocycles. The molecule has 0 spiro atoms. The van der Waals surface area contributed by atoms with Gasteiger partial charge < -0.3 is 5.11 Å². The molecule has 1 N–H and O–H groups in total. The summed E-state index contributed by atoms with van der Waals surface area (Å²) in [6.07, 6.45) is 0. The van der Waals surface area contributed by atoms with E-state index in [1.54, 1.807) is 0 Å². The third-order valence-electron chi connectivity index (χ3n) is 2.52. The summed E-state index contributed by atoms with van der Waals surface area (Å²) in [6.45, 7) is 0. The SMILES string of the molecule is O=C(O)[C@H]1CS[C@H]2[C@@H]1C(=O)C2(Cl)Cl. The second-order valence-electron chi connectivity index (χ2n) is 3.21. The average molecular weight is 241 g/mol. The van der Waals surface area contributed by atoms with E-state index in [1.807, 2.05) is 0 Å². The number of fused-ring (bicyclic) bond motifs is 1. The van der Waals surface area contributed by atoms with Gasteiger partial charge in [-0.25, -0.2) is 0 Å². The van der Waals surface area contributed by atoms with Crippen LogP contribution in [0.15, 0.2) is 0 Å². The Morgan fingerprint density at radius 3 is 2.77 bits per heavy atom. The Kier molecular flexibility index (Phi) is 2.06. The van der Waals surface area contributed by atoms with E-state index in [0.717, 1.165) is 0 Å². The molecule has 3 nitrogen and oxygen atoms in total. The maximum atomic E-state index is 11.3. The first kappa shape index (κ1) is 9.62. The van der Waals surface area contributed by atoms with Gasteiger partial charge >= 0.3 is 5.97 Å². The van der Waals surface area contributed by atoms with Crippen LogP contribution in [0.4, 0.5) is 0 Å². The molecule has 6 heteroatoms. The smallest absolute Gasteiger partial charge is 0.308 e. The number of ketones is 1. The van der Waals surface area contributed by atoms with Gasteiger partial charge in [0.25, 0.3) is 0 Å². The summed E-state index contributed by atoms with van der Waals surface area (Å²) in [5.41, 5.74) is 0. The van der Waals surface area contributed by atoms with Gasteiger partial charge in [-0.2, -0.15) is 11.8 Å². The lowest BCUT2D eigenvalue weighted by Gasteiger charge is -2.41. The number of rotatable bonds is 1. The molecule has 1 aliphatic heterocycles. The number of thioether (sulfide) groups is 1. The van der Waals surface area contributed by atoms with E-state index in [1.165, 1.54) is 11.8 Å². The highest BCUT2D eigenvalue weighted by atomic mass is 35.5. The van der Waals surface area contributed by atoms with Gasteiger partial charge in [0.1, 0.15) is 0 Å². The van der Waals surface area contributed by atoms with Crippen LogP contribution >= 0.6 is 35.0 Å². The highest BCUT2D eigenvalue weighted by Gasteiger charge is 2.67. The Morgan fingerprint density at radius 1 is 1.62 bits per heavy atom. The zero-order valence-electron chi connectivity index (χ0n) is 6.37. The van der Waals surface area contributed by atoms with Crippen LogP contribution in [0.2, 0.25) is 0 Å². The predicted octanol–water partition coefficient (Wildman–Crippen LogP) is 1.18. The van der Waals surface area contributed by atoms with Crippen LogP contribution in [-0.2, 0) is 9.59 Å². The topological polar surface area (TPSA) is 54.4 Å². The lowest BCUT2D eigenvalue weighted by atomic mass is 9.74. The van der Waals surface area contributed by atoms with E-state index >= 15 is 0 Å². The zero-order valence-corrected chi connectivity index (χ0v) is 8.70. The van der Waals surface area contributed by atoms with Crippen molar-refractivity contribution in [2.24, 2.45) is 11.8 Å². The van der Waals surface area contributed by atoms with Crippen molar-refractivity contribution in [3.05, 3.63) is 0 Å². The minimum atomic E-state index is -1.35. The molecule has 2 aliphatic rings. The van der Waals surface area contributed by atoms with Crippen LogP contribution in [0.25, 0.3) is 0 Å². The van der Waals surface area contributed by atoms with Gasteiger partial charge in [-0.1, -0.05) is 23.2 Å². The molecule has 1 saturated carbocycles. The first-order valence-electron chi connectivity index (χ1n) is 3.73. The molecule has 3 atom stereocenters. The lowest BCUT2D eigenvalue weighted by molar-refractivity contribution is -0.148. The fourth-order valence-electron chi connectivity index (χ4n) is 1.77. The quantitative estimate of drug-likeness (QED) is 0.700. The molecule has 0 aromatic rings. The van der Waals surface area contributed by atoms with Gasteiger partial charge in [-0.3, -0.25) is 9.59 Å². The van der Waals surface area contributed by atoms with E-state index in [0.29, 0.717) is 5.75 Å². The third kappa shape index (κ3) is 1.12. The summed E-state index contributed by atoms with van der Waals surface area (Å²) < 4.78 is -1.35. The van der Waals surface area contributed by atoms with Crippen LogP contribution in [0.3, 0.4) is 0 Å². The van der Waals surface area contributed by atoms with Crippen LogP contribution in [0.5, 0.6) is 0 Å². The van der Waals surface area contributed by atoms with E-state index in [9.17, 15) is 9.59 Å². The summed E-state index contributed by atoms with van der Waals surface area (Å²) in [5.74, 6) is -1.92. The third-order valence-corrected chi connectivity index (χ3v) is 5.18. The molecule has 1 aliphatic carbocycles.